The molecular formula is C13H16Cl2N2O. The number of primary amides is 1. The second kappa shape index (κ2) is 5.91. The van der Waals surface area contributed by atoms with Gasteiger partial charge in [-0.25, -0.2) is 0 Å². The zero-order chi connectivity index (χ0) is 13.1. The summed E-state index contributed by atoms with van der Waals surface area (Å²) in [5.41, 5.74) is 6.19. The molecule has 2 rings (SSSR count). The molecule has 0 saturated heterocycles. The van der Waals surface area contributed by atoms with Crippen molar-refractivity contribution in [3.63, 3.8) is 0 Å². The summed E-state index contributed by atoms with van der Waals surface area (Å²) in [6.07, 6.45) is 4.55. The minimum atomic E-state index is -0.524. The van der Waals surface area contributed by atoms with Crippen LogP contribution in [0.15, 0.2) is 18.2 Å². The summed E-state index contributed by atoms with van der Waals surface area (Å²) in [4.78, 5) is 11.6. The number of benzene rings is 1. The molecule has 1 aromatic carbocycles. The summed E-state index contributed by atoms with van der Waals surface area (Å²) < 4.78 is 0. The van der Waals surface area contributed by atoms with E-state index in [1.807, 2.05) is 0 Å². The van der Waals surface area contributed by atoms with Crippen LogP contribution in [0.2, 0.25) is 10.0 Å². The summed E-state index contributed by atoms with van der Waals surface area (Å²) in [7, 11) is 0. The van der Waals surface area contributed by atoms with Crippen LogP contribution in [0.25, 0.3) is 0 Å². The van der Waals surface area contributed by atoms with E-state index in [1.54, 1.807) is 18.2 Å². The van der Waals surface area contributed by atoms with Gasteiger partial charge in [0.15, 0.2) is 0 Å². The van der Waals surface area contributed by atoms with Crippen molar-refractivity contribution in [2.24, 2.45) is 5.73 Å². The molecule has 3 N–H and O–H groups in total. The maximum absolute atomic E-state index is 11.6. The Bertz CT molecular complexity index is 424. The van der Waals surface area contributed by atoms with E-state index in [-0.39, 0.29) is 0 Å². The molecule has 1 fully saturated rings. The van der Waals surface area contributed by atoms with E-state index in [1.165, 1.54) is 12.8 Å². The fraction of sp³-hybridized carbons (Fsp3) is 0.462. The predicted octanol–water partition coefficient (Wildman–Crippen LogP) is 3.05. The van der Waals surface area contributed by atoms with Crippen LogP contribution in [0.1, 0.15) is 37.3 Å². The van der Waals surface area contributed by atoms with Crippen molar-refractivity contribution in [1.82, 2.24) is 5.32 Å². The van der Waals surface area contributed by atoms with E-state index in [9.17, 15) is 4.79 Å². The van der Waals surface area contributed by atoms with Crippen LogP contribution in [-0.4, -0.2) is 11.9 Å². The van der Waals surface area contributed by atoms with Crippen LogP contribution in [0.4, 0.5) is 0 Å². The number of hydrogen-bond donors (Lipinski definition) is 2. The molecular weight excluding hydrogens is 271 g/mol. The van der Waals surface area contributed by atoms with Gasteiger partial charge < -0.3 is 5.73 Å². The second-order valence-electron chi connectivity index (χ2n) is 4.69. The Hall–Kier alpha value is -0.770. The van der Waals surface area contributed by atoms with E-state index in [4.69, 9.17) is 28.9 Å². The lowest BCUT2D eigenvalue weighted by Gasteiger charge is -2.21. The Morgan fingerprint density at radius 1 is 1.22 bits per heavy atom. The monoisotopic (exact) mass is 286 g/mol. The molecule has 1 aliphatic carbocycles. The van der Waals surface area contributed by atoms with Gasteiger partial charge in [-0.2, -0.15) is 0 Å². The van der Waals surface area contributed by atoms with Gasteiger partial charge in [-0.1, -0.05) is 36.0 Å². The van der Waals surface area contributed by atoms with Crippen molar-refractivity contribution < 1.29 is 4.79 Å². The largest absolute Gasteiger partial charge is 0.368 e. The minimum Gasteiger partial charge on any atom is -0.368 e. The first-order chi connectivity index (χ1) is 8.56. The third-order valence-corrected chi connectivity index (χ3v) is 3.70. The van der Waals surface area contributed by atoms with Crippen molar-refractivity contribution >= 4 is 29.1 Å². The van der Waals surface area contributed by atoms with Gasteiger partial charge in [0.2, 0.25) is 5.91 Å². The van der Waals surface area contributed by atoms with Crippen LogP contribution in [0.5, 0.6) is 0 Å². The van der Waals surface area contributed by atoms with Gasteiger partial charge in [0.05, 0.1) is 0 Å². The quantitative estimate of drug-likeness (QED) is 0.894. The Balaban J connectivity index is 2.20. The minimum absolute atomic E-state index is 0.347. The molecule has 98 valence electrons. The zero-order valence-electron chi connectivity index (χ0n) is 9.96. The topological polar surface area (TPSA) is 55.1 Å². The molecule has 1 unspecified atom stereocenters. The first kappa shape index (κ1) is 13.7. The molecule has 1 amide bonds. The third-order valence-electron chi connectivity index (χ3n) is 3.26. The molecule has 1 saturated carbocycles. The molecule has 0 heterocycles. The molecule has 0 radical (unpaired) electrons. The van der Waals surface area contributed by atoms with Crippen molar-refractivity contribution in [3.05, 3.63) is 33.8 Å². The molecule has 0 spiro atoms. The Kier molecular flexibility index (Phi) is 4.49. The van der Waals surface area contributed by atoms with Gasteiger partial charge in [-0.15, -0.1) is 0 Å². The molecule has 0 aliphatic heterocycles. The SMILES string of the molecule is NC(=O)C(NC1CCCC1)c1cc(Cl)cc(Cl)c1. The number of rotatable bonds is 4. The Morgan fingerprint density at radius 2 is 1.78 bits per heavy atom. The second-order valence-corrected chi connectivity index (χ2v) is 5.56. The van der Waals surface area contributed by atoms with Gasteiger partial charge in [-0.05, 0) is 36.6 Å². The average Bonchev–Trinajstić information content (AvgIpc) is 2.76. The number of hydrogen-bond acceptors (Lipinski definition) is 2. The molecule has 1 aliphatic rings. The molecule has 18 heavy (non-hydrogen) atoms. The number of nitrogens with two attached hydrogens (primary N) is 1. The van der Waals surface area contributed by atoms with Crippen LogP contribution in [-0.2, 0) is 4.79 Å². The van der Waals surface area contributed by atoms with Crippen LogP contribution >= 0.6 is 23.2 Å². The highest BCUT2D eigenvalue weighted by Gasteiger charge is 2.24. The fourth-order valence-electron chi connectivity index (χ4n) is 2.41. The summed E-state index contributed by atoms with van der Waals surface area (Å²) in [6, 6.07) is 4.92. The van der Waals surface area contributed by atoms with E-state index in [2.05, 4.69) is 5.32 Å². The standard InChI is InChI=1S/C13H16Cl2N2O/c14-9-5-8(6-10(15)7-9)12(13(16)18)17-11-3-1-2-4-11/h5-7,11-12,17H,1-4H2,(H2,16,18). The first-order valence-electron chi connectivity index (χ1n) is 6.07. The fourth-order valence-corrected chi connectivity index (χ4v) is 2.96. The van der Waals surface area contributed by atoms with Crippen molar-refractivity contribution in [2.75, 3.05) is 0 Å². The molecule has 1 atom stereocenters. The lowest BCUT2D eigenvalue weighted by atomic mass is 10.0. The van der Waals surface area contributed by atoms with Gasteiger partial charge in [-0.3, -0.25) is 10.1 Å². The molecule has 1 aromatic rings. The number of halogens is 2. The maximum Gasteiger partial charge on any atom is 0.239 e. The number of carbonyl (C=O) groups is 1. The van der Waals surface area contributed by atoms with E-state index >= 15 is 0 Å². The molecule has 0 aromatic heterocycles. The van der Waals surface area contributed by atoms with Crippen molar-refractivity contribution in [2.45, 2.75) is 37.8 Å². The lowest BCUT2D eigenvalue weighted by molar-refractivity contribution is -0.120. The highest BCUT2D eigenvalue weighted by atomic mass is 35.5. The van der Waals surface area contributed by atoms with Gasteiger partial charge in [0.1, 0.15) is 6.04 Å². The average molecular weight is 287 g/mol. The summed E-state index contributed by atoms with van der Waals surface area (Å²) >= 11 is 11.9. The molecule has 5 heteroatoms. The van der Waals surface area contributed by atoms with E-state index in [0.717, 1.165) is 18.4 Å². The van der Waals surface area contributed by atoms with E-state index < -0.39 is 11.9 Å². The number of nitrogens with one attached hydrogen (secondary N) is 1. The highest BCUT2D eigenvalue weighted by molar-refractivity contribution is 6.34. The Labute approximate surface area is 117 Å². The maximum atomic E-state index is 11.6. The zero-order valence-corrected chi connectivity index (χ0v) is 11.5. The number of carbonyl (C=O) groups excluding carboxylic acids is 1. The summed E-state index contributed by atoms with van der Waals surface area (Å²) in [6.45, 7) is 0. The van der Waals surface area contributed by atoms with Crippen LogP contribution < -0.4 is 11.1 Å². The Morgan fingerprint density at radius 3 is 2.28 bits per heavy atom. The third kappa shape index (κ3) is 3.37. The predicted molar refractivity (Wildman–Crippen MR) is 73.8 cm³/mol. The van der Waals surface area contributed by atoms with Gasteiger partial charge >= 0.3 is 0 Å². The molecule has 0 bridgehead atoms. The van der Waals surface area contributed by atoms with Crippen molar-refractivity contribution in [1.29, 1.82) is 0 Å². The normalized spacial score (nSPS) is 17.9. The van der Waals surface area contributed by atoms with Crippen molar-refractivity contribution in [3.8, 4) is 0 Å². The highest BCUT2D eigenvalue weighted by Crippen LogP contribution is 2.26. The van der Waals surface area contributed by atoms with Crippen LogP contribution in [0, 0.1) is 0 Å². The van der Waals surface area contributed by atoms with Gasteiger partial charge in [0.25, 0.3) is 0 Å². The lowest BCUT2D eigenvalue weighted by Crippen LogP contribution is -2.38. The van der Waals surface area contributed by atoms with Crippen LogP contribution in [0.3, 0.4) is 0 Å². The van der Waals surface area contributed by atoms with E-state index in [0.29, 0.717) is 16.1 Å². The van der Waals surface area contributed by atoms with Gasteiger partial charge in [0, 0.05) is 16.1 Å². The molecule has 3 nitrogen and oxygen atoms in total. The number of amides is 1. The first-order valence-corrected chi connectivity index (χ1v) is 6.83. The summed E-state index contributed by atoms with van der Waals surface area (Å²) in [5.74, 6) is -0.403. The summed E-state index contributed by atoms with van der Waals surface area (Å²) in [5, 5.41) is 4.32. The smallest absolute Gasteiger partial charge is 0.239 e.